The van der Waals surface area contributed by atoms with Crippen molar-refractivity contribution in [2.75, 3.05) is 32.1 Å². The van der Waals surface area contributed by atoms with Gasteiger partial charge < -0.3 is 14.9 Å². The lowest BCUT2D eigenvalue weighted by Gasteiger charge is -2.25. The summed E-state index contributed by atoms with van der Waals surface area (Å²) in [6.45, 7) is 1.23. The third kappa shape index (κ3) is 2.87. The van der Waals surface area contributed by atoms with E-state index in [1.54, 1.807) is 4.90 Å². The number of fused-ring (bicyclic) bond motifs is 2. The Balaban J connectivity index is 1.89. The molecule has 4 nitrogen and oxygen atoms in total. The van der Waals surface area contributed by atoms with Crippen LogP contribution in [0.2, 0.25) is 0 Å². The lowest BCUT2D eigenvalue weighted by Crippen LogP contribution is -2.43. The molecule has 4 rings (SSSR count). The van der Waals surface area contributed by atoms with Crippen LogP contribution < -0.4 is 4.90 Å². The molecule has 3 aromatic carbocycles. The molecule has 3 aromatic rings. The maximum atomic E-state index is 13.4. The molecule has 1 aliphatic heterocycles. The number of aliphatic hydroxyl groups is 1. The van der Waals surface area contributed by atoms with Gasteiger partial charge >= 0.3 is 0 Å². The number of benzene rings is 3. The first-order valence-electron chi connectivity index (χ1n) is 8.90. The van der Waals surface area contributed by atoms with Gasteiger partial charge in [0, 0.05) is 23.1 Å². The molecule has 0 bridgehead atoms. The van der Waals surface area contributed by atoms with E-state index in [1.165, 1.54) is 0 Å². The van der Waals surface area contributed by atoms with Crippen LogP contribution in [0.1, 0.15) is 11.1 Å². The highest BCUT2D eigenvalue weighted by atomic mass is 79.9. The molecule has 1 heterocycles. The van der Waals surface area contributed by atoms with Crippen LogP contribution in [0.4, 0.5) is 5.69 Å². The topological polar surface area (TPSA) is 43.8 Å². The quantitative estimate of drug-likeness (QED) is 0.693. The number of anilines is 1. The fourth-order valence-electron chi connectivity index (χ4n) is 3.71. The van der Waals surface area contributed by atoms with E-state index < -0.39 is 5.60 Å². The highest BCUT2D eigenvalue weighted by Gasteiger charge is 2.52. The molecule has 0 aromatic heterocycles. The molecule has 1 N–H and O–H groups in total. The zero-order chi connectivity index (χ0) is 19.2. The summed E-state index contributed by atoms with van der Waals surface area (Å²) in [5.41, 5.74) is 0.258. The second kappa shape index (κ2) is 6.75. The van der Waals surface area contributed by atoms with Gasteiger partial charge in [0.15, 0.2) is 5.60 Å². The van der Waals surface area contributed by atoms with E-state index in [9.17, 15) is 9.90 Å². The van der Waals surface area contributed by atoms with Crippen molar-refractivity contribution < 1.29 is 9.90 Å². The summed E-state index contributed by atoms with van der Waals surface area (Å²) in [4.78, 5) is 17.1. The minimum atomic E-state index is -1.70. The Hall–Kier alpha value is -2.21. The van der Waals surface area contributed by atoms with E-state index in [2.05, 4.69) is 15.9 Å². The molecule has 1 atom stereocenters. The van der Waals surface area contributed by atoms with Crippen molar-refractivity contribution >= 4 is 38.3 Å². The first-order chi connectivity index (χ1) is 12.9. The molecule has 1 unspecified atom stereocenters. The van der Waals surface area contributed by atoms with Gasteiger partial charge in [-0.1, -0.05) is 58.4 Å². The summed E-state index contributed by atoms with van der Waals surface area (Å²) >= 11 is 3.56. The summed E-state index contributed by atoms with van der Waals surface area (Å²) < 4.78 is 0.733. The number of hydrogen-bond acceptors (Lipinski definition) is 3. The number of carbonyl (C=O) groups excluding carboxylic acids is 1. The van der Waals surface area contributed by atoms with Crippen LogP contribution in [0.15, 0.2) is 65.1 Å². The Labute approximate surface area is 167 Å². The van der Waals surface area contributed by atoms with Gasteiger partial charge in [0.05, 0.1) is 5.69 Å². The number of amides is 1. The van der Waals surface area contributed by atoms with E-state index >= 15 is 0 Å². The summed E-state index contributed by atoms with van der Waals surface area (Å²) in [6, 6.07) is 19.3. The Morgan fingerprint density at radius 1 is 1.04 bits per heavy atom. The zero-order valence-corrected chi connectivity index (χ0v) is 16.9. The van der Waals surface area contributed by atoms with E-state index in [1.807, 2.05) is 79.7 Å². The van der Waals surface area contributed by atoms with Gasteiger partial charge in [-0.2, -0.15) is 0 Å². The highest BCUT2D eigenvalue weighted by Crippen LogP contribution is 2.48. The van der Waals surface area contributed by atoms with Gasteiger partial charge in [0.25, 0.3) is 5.91 Å². The molecule has 0 saturated heterocycles. The van der Waals surface area contributed by atoms with Crippen molar-refractivity contribution in [1.29, 1.82) is 0 Å². The first kappa shape index (κ1) is 18.2. The minimum absolute atomic E-state index is 0.304. The Bertz CT molecular complexity index is 1030. The smallest absolute Gasteiger partial charge is 0.268 e. The van der Waals surface area contributed by atoms with E-state index in [-0.39, 0.29) is 5.91 Å². The predicted octanol–water partition coefficient (Wildman–Crippen LogP) is 3.75. The molecule has 27 heavy (non-hydrogen) atoms. The van der Waals surface area contributed by atoms with E-state index in [4.69, 9.17) is 0 Å². The summed E-state index contributed by atoms with van der Waals surface area (Å²) in [5, 5.41) is 13.8. The molecule has 1 aliphatic rings. The average molecular weight is 425 g/mol. The molecule has 0 saturated carbocycles. The largest absolute Gasteiger partial charge is 0.372 e. The number of halogens is 1. The molecular formula is C22H21BrN2O2. The van der Waals surface area contributed by atoms with Gasteiger partial charge in [-0.15, -0.1) is 0 Å². The molecule has 0 aliphatic carbocycles. The summed E-state index contributed by atoms with van der Waals surface area (Å²) in [6.07, 6.45) is 0. The van der Waals surface area contributed by atoms with Crippen molar-refractivity contribution in [3.05, 3.63) is 76.3 Å². The molecule has 138 valence electrons. The van der Waals surface area contributed by atoms with Crippen LogP contribution in [-0.2, 0) is 10.4 Å². The van der Waals surface area contributed by atoms with E-state index in [0.29, 0.717) is 24.2 Å². The molecular weight excluding hydrogens is 404 g/mol. The number of nitrogens with zero attached hydrogens (tertiary/aromatic N) is 2. The molecule has 5 heteroatoms. The van der Waals surface area contributed by atoms with Crippen LogP contribution in [-0.4, -0.2) is 43.1 Å². The van der Waals surface area contributed by atoms with Crippen LogP contribution in [0.25, 0.3) is 10.8 Å². The van der Waals surface area contributed by atoms with Crippen molar-refractivity contribution in [1.82, 2.24) is 4.90 Å². The standard InChI is InChI=1S/C22H21BrN2O2/c1-24(2)12-13-25-19-9-5-8-18(23)20(19)22(27,21(25)26)17-11-10-15-6-3-4-7-16(15)14-17/h3-11,14,27H,12-13H2,1-2H3. The number of likely N-dealkylation sites (N-methyl/N-ethyl adjacent to an activating group) is 1. The number of carbonyl (C=O) groups is 1. The van der Waals surface area contributed by atoms with Crippen molar-refractivity contribution in [3.63, 3.8) is 0 Å². The van der Waals surface area contributed by atoms with Crippen LogP contribution in [0, 0.1) is 0 Å². The van der Waals surface area contributed by atoms with Gasteiger partial charge in [0.1, 0.15) is 0 Å². The van der Waals surface area contributed by atoms with Crippen LogP contribution in [0.5, 0.6) is 0 Å². The normalized spacial score (nSPS) is 19.1. The molecule has 0 radical (unpaired) electrons. The van der Waals surface area contributed by atoms with Crippen molar-refractivity contribution in [2.24, 2.45) is 0 Å². The van der Waals surface area contributed by atoms with Crippen molar-refractivity contribution in [3.8, 4) is 0 Å². The molecule has 0 spiro atoms. The number of hydrogen-bond donors (Lipinski definition) is 1. The monoisotopic (exact) mass is 424 g/mol. The minimum Gasteiger partial charge on any atom is -0.372 e. The van der Waals surface area contributed by atoms with Crippen LogP contribution in [0.3, 0.4) is 0 Å². The fourth-order valence-corrected chi connectivity index (χ4v) is 4.35. The second-order valence-electron chi connectivity index (χ2n) is 7.17. The maximum Gasteiger partial charge on any atom is 0.268 e. The first-order valence-corrected chi connectivity index (χ1v) is 9.69. The van der Waals surface area contributed by atoms with Crippen LogP contribution >= 0.6 is 15.9 Å². The van der Waals surface area contributed by atoms with E-state index in [0.717, 1.165) is 20.9 Å². The number of rotatable bonds is 4. The Morgan fingerprint density at radius 3 is 2.52 bits per heavy atom. The third-order valence-corrected chi connectivity index (χ3v) is 5.80. The third-order valence-electron chi connectivity index (χ3n) is 5.14. The second-order valence-corrected chi connectivity index (χ2v) is 8.02. The van der Waals surface area contributed by atoms with Gasteiger partial charge in [-0.3, -0.25) is 4.79 Å². The molecule has 0 fully saturated rings. The highest BCUT2D eigenvalue weighted by molar-refractivity contribution is 9.10. The lowest BCUT2D eigenvalue weighted by atomic mass is 9.86. The average Bonchev–Trinajstić information content (AvgIpc) is 2.89. The predicted molar refractivity (Wildman–Crippen MR) is 112 cm³/mol. The summed E-state index contributed by atoms with van der Waals surface area (Å²) in [7, 11) is 3.94. The SMILES string of the molecule is CN(C)CCN1C(=O)C(O)(c2ccc3ccccc3c2)c2c(Br)cccc21. The lowest BCUT2D eigenvalue weighted by molar-refractivity contribution is -0.132. The van der Waals surface area contributed by atoms with Gasteiger partial charge in [-0.25, -0.2) is 0 Å². The molecule has 1 amide bonds. The van der Waals surface area contributed by atoms with Crippen molar-refractivity contribution in [2.45, 2.75) is 5.60 Å². The fraction of sp³-hybridized carbons (Fsp3) is 0.227. The summed E-state index contributed by atoms with van der Waals surface area (Å²) in [5.74, 6) is -0.304. The maximum absolute atomic E-state index is 13.4. The van der Waals surface area contributed by atoms with Gasteiger partial charge in [-0.05, 0) is 48.6 Å². The Kier molecular flexibility index (Phi) is 4.54. The van der Waals surface area contributed by atoms with Gasteiger partial charge in [0.2, 0.25) is 0 Å². The Morgan fingerprint density at radius 2 is 1.78 bits per heavy atom. The zero-order valence-electron chi connectivity index (χ0n) is 15.3.